The first-order valence-electron chi connectivity index (χ1n) is 6.06. The highest BCUT2D eigenvalue weighted by atomic mass is 15.1. The predicted octanol–water partition coefficient (Wildman–Crippen LogP) is 2.05. The van der Waals surface area contributed by atoms with E-state index in [2.05, 4.69) is 15.3 Å². The third kappa shape index (κ3) is 2.97. The average molecular weight is 242 g/mol. The lowest BCUT2D eigenvalue weighted by Gasteiger charge is -2.09. The third-order valence-corrected chi connectivity index (χ3v) is 2.57. The normalized spacial score (nSPS) is 12.1. The molecule has 0 amide bonds. The summed E-state index contributed by atoms with van der Waals surface area (Å²) in [5.74, 6) is 0.470. The van der Waals surface area contributed by atoms with Gasteiger partial charge in [0.1, 0.15) is 0 Å². The molecule has 94 valence electrons. The average Bonchev–Trinajstić information content (AvgIpc) is 2.35. The molecule has 2 aromatic rings. The first-order valence-corrected chi connectivity index (χ1v) is 6.06. The van der Waals surface area contributed by atoms with E-state index < -0.39 is 0 Å². The van der Waals surface area contributed by atoms with E-state index >= 15 is 0 Å². The largest absolute Gasteiger partial charge is 0.370 e. The minimum absolute atomic E-state index is 0.291. The van der Waals surface area contributed by atoms with Gasteiger partial charge in [-0.05, 0) is 25.5 Å². The fraction of sp³-hybridized carbons (Fsp3) is 0.286. The van der Waals surface area contributed by atoms with Gasteiger partial charge in [0.25, 0.3) is 0 Å². The number of nitrogens with zero attached hydrogens (tertiary/aromatic N) is 2. The fourth-order valence-corrected chi connectivity index (χ4v) is 1.81. The van der Waals surface area contributed by atoms with Gasteiger partial charge in [0.2, 0.25) is 0 Å². The molecule has 0 saturated carbocycles. The van der Waals surface area contributed by atoms with E-state index in [0.717, 1.165) is 16.5 Å². The number of pyridine rings is 1. The van der Waals surface area contributed by atoms with Crippen LogP contribution in [0.5, 0.6) is 0 Å². The van der Waals surface area contributed by atoms with Crippen molar-refractivity contribution in [2.45, 2.75) is 26.4 Å². The highest BCUT2D eigenvalue weighted by Gasteiger charge is 2.01. The Hall–Kier alpha value is -2.10. The summed E-state index contributed by atoms with van der Waals surface area (Å²) >= 11 is 0. The van der Waals surface area contributed by atoms with Crippen LogP contribution in [0.4, 0.5) is 0 Å². The Balaban J connectivity index is 2.22. The Morgan fingerprint density at radius 2 is 2.11 bits per heavy atom. The molecule has 0 saturated heterocycles. The van der Waals surface area contributed by atoms with Gasteiger partial charge in [0.15, 0.2) is 5.96 Å². The number of aromatic nitrogens is 1. The van der Waals surface area contributed by atoms with Gasteiger partial charge in [-0.3, -0.25) is 4.98 Å². The fourth-order valence-electron chi connectivity index (χ4n) is 1.81. The summed E-state index contributed by atoms with van der Waals surface area (Å²) in [6.07, 6.45) is 1.80. The summed E-state index contributed by atoms with van der Waals surface area (Å²) < 4.78 is 0. The molecule has 0 fully saturated rings. The van der Waals surface area contributed by atoms with Gasteiger partial charge in [0, 0.05) is 17.6 Å². The second-order valence-electron chi connectivity index (χ2n) is 4.49. The van der Waals surface area contributed by atoms with Crippen molar-refractivity contribution in [2.75, 3.05) is 0 Å². The molecule has 4 heteroatoms. The highest BCUT2D eigenvalue weighted by Crippen LogP contribution is 2.16. The molecule has 0 aliphatic carbocycles. The molecule has 0 radical (unpaired) electrons. The maximum Gasteiger partial charge on any atom is 0.189 e. The number of hydrogen-bond donors (Lipinski definition) is 2. The van der Waals surface area contributed by atoms with Crippen LogP contribution in [0.25, 0.3) is 10.9 Å². The van der Waals surface area contributed by atoms with Crippen LogP contribution >= 0.6 is 0 Å². The minimum atomic E-state index is 0.291. The van der Waals surface area contributed by atoms with Crippen molar-refractivity contribution in [3.05, 3.63) is 42.1 Å². The predicted molar refractivity (Wildman–Crippen MR) is 75.3 cm³/mol. The van der Waals surface area contributed by atoms with Crippen LogP contribution in [-0.4, -0.2) is 17.0 Å². The molecule has 3 N–H and O–H groups in total. The summed E-state index contributed by atoms with van der Waals surface area (Å²) in [6, 6.07) is 10.4. The van der Waals surface area contributed by atoms with Crippen molar-refractivity contribution in [1.82, 2.24) is 10.3 Å². The molecule has 1 aromatic carbocycles. The Kier molecular flexibility index (Phi) is 3.77. The topological polar surface area (TPSA) is 63.3 Å². The Morgan fingerprint density at radius 3 is 2.89 bits per heavy atom. The van der Waals surface area contributed by atoms with Gasteiger partial charge in [-0.2, -0.15) is 0 Å². The van der Waals surface area contributed by atoms with E-state index in [1.807, 2.05) is 44.2 Å². The van der Waals surface area contributed by atoms with E-state index in [4.69, 9.17) is 5.73 Å². The maximum absolute atomic E-state index is 5.79. The van der Waals surface area contributed by atoms with Crippen LogP contribution in [0.1, 0.15) is 19.4 Å². The van der Waals surface area contributed by atoms with Gasteiger partial charge in [0.05, 0.1) is 12.1 Å². The van der Waals surface area contributed by atoms with Gasteiger partial charge >= 0.3 is 0 Å². The molecule has 0 spiro atoms. The van der Waals surface area contributed by atoms with Crippen molar-refractivity contribution < 1.29 is 0 Å². The number of hydrogen-bond acceptors (Lipinski definition) is 2. The summed E-state index contributed by atoms with van der Waals surface area (Å²) in [4.78, 5) is 8.72. The highest BCUT2D eigenvalue weighted by molar-refractivity contribution is 5.82. The zero-order chi connectivity index (χ0) is 13.0. The Labute approximate surface area is 107 Å². The molecule has 0 unspecified atom stereocenters. The van der Waals surface area contributed by atoms with Gasteiger partial charge in [-0.15, -0.1) is 0 Å². The standard InChI is InChI=1S/C14H18N4/c1-10(2)18-14(15)17-9-12-6-3-5-11-7-4-8-16-13(11)12/h3-8,10H,9H2,1-2H3,(H3,15,17,18). The molecule has 2 rings (SSSR count). The van der Waals surface area contributed by atoms with Gasteiger partial charge in [-0.1, -0.05) is 24.3 Å². The second kappa shape index (κ2) is 5.49. The zero-order valence-electron chi connectivity index (χ0n) is 10.7. The van der Waals surface area contributed by atoms with Crippen molar-refractivity contribution in [2.24, 2.45) is 10.7 Å². The first-order chi connectivity index (χ1) is 8.66. The summed E-state index contributed by atoms with van der Waals surface area (Å²) in [6.45, 7) is 4.60. The van der Waals surface area contributed by atoms with E-state index in [-0.39, 0.29) is 0 Å². The quantitative estimate of drug-likeness (QED) is 0.639. The third-order valence-electron chi connectivity index (χ3n) is 2.57. The monoisotopic (exact) mass is 242 g/mol. The maximum atomic E-state index is 5.79. The molecule has 0 aliphatic heterocycles. The Bertz CT molecular complexity index is 555. The number of rotatable bonds is 3. The van der Waals surface area contributed by atoms with E-state index in [0.29, 0.717) is 18.5 Å². The molecule has 4 nitrogen and oxygen atoms in total. The number of nitrogens with two attached hydrogens (primary N) is 1. The molecular weight excluding hydrogens is 224 g/mol. The van der Waals surface area contributed by atoms with Crippen molar-refractivity contribution in [3.8, 4) is 0 Å². The number of para-hydroxylation sites is 1. The molecule has 0 bridgehead atoms. The number of guanidine groups is 1. The Morgan fingerprint density at radius 1 is 1.33 bits per heavy atom. The van der Waals surface area contributed by atoms with Crippen LogP contribution in [0, 0.1) is 0 Å². The molecule has 18 heavy (non-hydrogen) atoms. The van der Waals surface area contributed by atoms with Crippen LogP contribution in [0.3, 0.4) is 0 Å². The lowest BCUT2D eigenvalue weighted by molar-refractivity contribution is 0.723. The van der Waals surface area contributed by atoms with Crippen LogP contribution < -0.4 is 11.1 Å². The smallest absolute Gasteiger partial charge is 0.189 e. The number of fused-ring (bicyclic) bond motifs is 1. The van der Waals surface area contributed by atoms with Gasteiger partial charge in [-0.25, -0.2) is 4.99 Å². The lowest BCUT2D eigenvalue weighted by Crippen LogP contribution is -2.36. The SMILES string of the molecule is CC(C)NC(N)=NCc1cccc2cccnc12. The van der Waals surface area contributed by atoms with Crippen LogP contribution in [0.2, 0.25) is 0 Å². The molecular formula is C14H18N4. The van der Waals surface area contributed by atoms with Crippen molar-refractivity contribution >= 4 is 16.9 Å². The summed E-state index contributed by atoms with van der Waals surface area (Å²) in [7, 11) is 0. The molecule has 0 aliphatic rings. The number of nitrogens with one attached hydrogen (secondary N) is 1. The zero-order valence-corrected chi connectivity index (χ0v) is 10.7. The summed E-state index contributed by atoms with van der Waals surface area (Å²) in [5.41, 5.74) is 7.86. The molecule has 0 atom stereocenters. The molecule has 1 aromatic heterocycles. The van der Waals surface area contributed by atoms with Crippen LogP contribution in [0.15, 0.2) is 41.5 Å². The second-order valence-corrected chi connectivity index (χ2v) is 4.49. The van der Waals surface area contributed by atoms with Crippen molar-refractivity contribution in [3.63, 3.8) is 0 Å². The van der Waals surface area contributed by atoms with E-state index in [1.165, 1.54) is 0 Å². The molecule has 1 heterocycles. The van der Waals surface area contributed by atoms with E-state index in [1.54, 1.807) is 6.20 Å². The lowest BCUT2D eigenvalue weighted by atomic mass is 10.1. The minimum Gasteiger partial charge on any atom is -0.370 e. The summed E-state index contributed by atoms with van der Waals surface area (Å²) in [5, 5.41) is 4.19. The number of benzene rings is 1. The van der Waals surface area contributed by atoms with Gasteiger partial charge < -0.3 is 11.1 Å². The number of aliphatic imine (C=N–C) groups is 1. The van der Waals surface area contributed by atoms with Crippen LogP contribution in [-0.2, 0) is 6.54 Å². The van der Waals surface area contributed by atoms with Crippen molar-refractivity contribution in [1.29, 1.82) is 0 Å². The first kappa shape index (κ1) is 12.4. The van der Waals surface area contributed by atoms with E-state index in [9.17, 15) is 0 Å².